The van der Waals surface area contributed by atoms with Gasteiger partial charge in [0.2, 0.25) is 5.95 Å². The van der Waals surface area contributed by atoms with Crippen LogP contribution in [0, 0.1) is 12.7 Å². The number of nitrogens with zero attached hydrogens (tertiary/aromatic N) is 3. The van der Waals surface area contributed by atoms with E-state index in [4.69, 9.17) is 0 Å². The standard InChI is InChI=1S/C15H15FN4/c1-11-5-4-8-14-18-15(19-20(11)14)17-10-9-12-6-2-3-7-13(12)16/h2-8H,9-10H2,1H3,(H,17,19). The molecule has 3 aromatic rings. The molecule has 1 aromatic carbocycles. The molecule has 0 amide bonds. The Hall–Kier alpha value is -2.43. The van der Waals surface area contributed by atoms with Gasteiger partial charge >= 0.3 is 0 Å². The first-order chi connectivity index (χ1) is 9.74. The fourth-order valence-electron chi connectivity index (χ4n) is 2.12. The summed E-state index contributed by atoms with van der Waals surface area (Å²) in [6.07, 6.45) is 0.598. The second-order valence-electron chi connectivity index (χ2n) is 4.64. The molecule has 0 radical (unpaired) electrons. The lowest BCUT2D eigenvalue weighted by Crippen LogP contribution is -2.07. The molecule has 3 rings (SSSR count). The monoisotopic (exact) mass is 270 g/mol. The van der Waals surface area contributed by atoms with E-state index in [1.165, 1.54) is 6.07 Å². The van der Waals surface area contributed by atoms with Crippen molar-refractivity contribution in [1.29, 1.82) is 0 Å². The maximum atomic E-state index is 13.5. The van der Waals surface area contributed by atoms with Gasteiger partial charge in [0.05, 0.1) is 0 Å². The largest absolute Gasteiger partial charge is 0.353 e. The third-order valence-electron chi connectivity index (χ3n) is 3.18. The van der Waals surface area contributed by atoms with Crippen molar-refractivity contribution in [1.82, 2.24) is 14.6 Å². The van der Waals surface area contributed by atoms with E-state index >= 15 is 0 Å². The van der Waals surface area contributed by atoms with Gasteiger partial charge in [0.25, 0.3) is 0 Å². The van der Waals surface area contributed by atoms with Crippen LogP contribution >= 0.6 is 0 Å². The van der Waals surface area contributed by atoms with Gasteiger partial charge < -0.3 is 5.32 Å². The van der Waals surface area contributed by atoms with Crippen LogP contribution in [0.15, 0.2) is 42.5 Å². The highest BCUT2D eigenvalue weighted by molar-refractivity contribution is 5.44. The number of aryl methyl sites for hydroxylation is 1. The highest BCUT2D eigenvalue weighted by atomic mass is 19.1. The number of hydrogen-bond donors (Lipinski definition) is 1. The van der Waals surface area contributed by atoms with Crippen molar-refractivity contribution in [2.75, 3.05) is 11.9 Å². The Morgan fingerprint density at radius 1 is 1.15 bits per heavy atom. The Labute approximate surface area is 116 Å². The molecule has 5 heteroatoms. The Bertz CT molecular complexity index is 736. The van der Waals surface area contributed by atoms with E-state index in [-0.39, 0.29) is 5.82 Å². The van der Waals surface area contributed by atoms with Gasteiger partial charge in [-0.15, -0.1) is 5.10 Å². The summed E-state index contributed by atoms with van der Waals surface area (Å²) < 4.78 is 15.3. The number of hydrogen-bond acceptors (Lipinski definition) is 3. The Kier molecular flexibility index (Phi) is 3.33. The third kappa shape index (κ3) is 2.47. The van der Waals surface area contributed by atoms with Gasteiger partial charge in [-0.3, -0.25) is 0 Å². The molecule has 1 N–H and O–H groups in total. The topological polar surface area (TPSA) is 42.2 Å². The van der Waals surface area contributed by atoms with E-state index in [1.807, 2.05) is 31.2 Å². The molecular formula is C15H15FN4. The molecule has 0 aliphatic carbocycles. The van der Waals surface area contributed by atoms with E-state index in [0.717, 1.165) is 11.3 Å². The number of pyridine rings is 1. The molecule has 20 heavy (non-hydrogen) atoms. The van der Waals surface area contributed by atoms with Gasteiger partial charge in [0.15, 0.2) is 5.65 Å². The van der Waals surface area contributed by atoms with Crippen molar-refractivity contribution in [3.05, 3.63) is 59.5 Å². The Morgan fingerprint density at radius 2 is 2.00 bits per heavy atom. The number of aromatic nitrogens is 3. The summed E-state index contributed by atoms with van der Waals surface area (Å²) in [5, 5.41) is 7.49. The van der Waals surface area contributed by atoms with Crippen LogP contribution in [0.4, 0.5) is 10.3 Å². The summed E-state index contributed by atoms with van der Waals surface area (Å²) in [5.74, 6) is 0.392. The van der Waals surface area contributed by atoms with Gasteiger partial charge in [-0.05, 0) is 37.1 Å². The van der Waals surface area contributed by atoms with Crippen LogP contribution in [-0.4, -0.2) is 21.1 Å². The maximum absolute atomic E-state index is 13.5. The number of rotatable bonds is 4. The second-order valence-corrected chi connectivity index (χ2v) is 4.64. The molecule has 2 aromatic heterocycles. The smallest absolute Gasteiger partial charge is 0.243 e. The summed E-state index contributed by atoms with van der Waals surface area (Å²) >= 11 is 0. The van der Waals surface area contributed by atoms with E-state index in [2.05, 4.69) is 15.4 Å². The van der Waals surface area contributed by atoms with Crippen molar-refractivity contribution in [2.24, 2.45) is 0 Å². The third-order valence-corrected chi connectivity index (χ3v) is 3.18. The average Bonchev–Trinajstić information content (AvgIpc) is 2.85. The van der Waals surface area contributed by atoms with Crippen LogP contribution in [0.5, 0.6) is 0 Å². The molecule has 0 fully saturated rings. The molecular weight excluding hydrogens is 255 g/mol. The minimum absolute atomic E-state index is 0.173. The minimum Gasteiger partial charge on any atom is -0.353 e. The van der Waals surface area contributed by atoms with Crippen LogP contribution in [0.1, 0.15) is 11.3 Å². The average molecular weight is 270 g/mol. The number of fused-ring (bicyclic) bond motifs is 1. The fraction of sp³-hybridized carbons (Fsp3) is 0.200. The number of nitrogens with one attached hydrogen (secondary N) is 1. The fourth-order valence-corrected chi connectivity index (χ4v) is 2.12. The summed E-state index contributed by atoms with van der Waals surface area (Å²) in [7, 11) is 0. The number of benzene rings is 1. The molecule has 0 aliphatic heterocycles. The second kappa shape index (κ2) is 5.28. The van der Waals surface area contributed by atoms with E-state index in [1.54, 1.807) is 16.6 Å². The van der Waals surface area contributed by atoms with E-state index < -0.39 is 0 Å². The summed E-state index contributed by atoms with van der Waals surface area (Å²) in [5.41, 5.74) is 2.52. The quantitative estimate of drug-likeness (QED) is 0.792. The molecule has 0 spiro atoms. The Morgan fingerprint density at radius 3 is 2.80 bits per heavy atom. The van der Waals surface area contributed by atoms with Crippen LogP contribution in [0.2, 0.25) is 0 Å². The zero-order valence-electron chi connectivity index (χ0n) is 11.2. The molecule has 102 valence electrons. The lowest BCUT2D eigenvalue weighted by atomic mass is 10.1. The van der Waals surface area contributed by atoms with Crippen LogP contribution < -0.4 is 5.32 Å². The van der Waals surface area contributed by atoms with Crippen LogP contribution in [0.3, 0.4) is 0 Å². The van der Waals surface area contributed by atoms with Crippen molar-refractivity contribution < 1.29 is 4.39 Å². The van der Waals surface area contributed by atoms with Gasteiger partial charge in [-0.2, -0.15) is 4.98 Å². The normalized spacial score (nSPS) is 10.9. The van der Waals surface area contributed by atoms with Gasteiger partial charge in [0.1, 0.15) is 5.82 Å². The summed E-state index contributed by atoms with van der Waals surface area (Å²) in [6, 6.07) is 12.6. The van der Waals surface area contributed by atoms with Gasteiger partial charge in [-0.1, -0.05) is 24.3 Å². The predicted octanol–water partition coefficient (Wildman–Crippen LogP) is 2.83. The zero-order chi connectivity index (χ0) is 13.9. The zero-order valence-corrected chi connectivity index (χ0v) is 11.2. The van der Waals surface area contributed by atoms with Crippen LogP contribution in [-0.2, 0) is 6.42 Å². The molecule has 0 saturated carbocycles. The van der Waals surface area contributed by atoms with Crippen molar-refractivity contribution in [3.63, 3.8) is 0 Å². The molecule has 0 saturated heterocycles. The van der Waals surface area contributed by atoms with E-state index in [9.17, 15) is 4.39 Å². The van der Waals surface area contributed by atoms with Gasteiger partial charge in [0, 0.05) is 12.2 Å². The minimum atomic E-state index is -0.173. The SMILES string of the molecule is Cc1cccc2nc(NCCc3ccccc3F)nn12. The Balaban J connectivity index is 1.68. The first kappa shape index (κ1) is 12.6. The van der Waals surface area contributed by atoms with Crippen molar-refractivity contribution >= 4 is 11.6 Å². The number of anilines is 1. The first-order valence-electron chi connectivity index (χ1n) is 6.54. The summed E-state index contributed by atoms with van der Waals surface area (Å²) in [6.45, 7) is 2.57. The molecule has 2 heterocycles. The predicted molar refractivity (Wildman–Crippen MR) is 76.3 cm³/mol. The van der Waals surface area contributed by atoms with Crippen molar-refractivity contribution in [2.45, 2.75) is 13.3 Å². The molecule has 0 aliphatic rings. The highest BCUT2D eigenvalue weighted by Gasteiger charge is 2.05. The molecule has 4 nitrogen and oxygen atoms in total. The molecule has 0 bridgehead atoms. The highest BCUT2D eigenvalue weighted by Crippen LogP contribution is 2.10. The molecule has 0 atom stereocenters. The maximum Gasteiger partial charge on any atom is 0.243 e. The number of halogens is 1. The van der Waals surface area contributed by atoms with Crippen LogP contribution in [0.25, 0.3) is 5.65 Å². The van der Waals surface area contributed by atoms with Crippen molar-refractivity contribution in [3.8, 4) is 0 Å². The lowest BCUT2D eigenvalue weighted by molar-refractivity contribution is 0.610. The van der Waals surface area contributed by atoms with Gasteiger partial charge in [-0.25, -0.2) is 8.91 Å². The first-order valence-corrected chi connectivity index (χ1v) is 6.54. The van der Waals surface area contributed by atoms with E-state index in [0.29, 0.717) is 24.5 Å². The lowest BCUT2D eigenvalue weighted by Gasteiger charge is -2.03. The molecule has 0 unspecified atom stereocenters. The summed E-state index contributed by atoms with van der Waals surface area (Å²) in [4.78, 5) is 4.37.